The van der Waals surface area contributed by atoms with Gasteiger partial charge < -0.3 is 15.3 Å². The lowest BCUT2D eigenvalue weighted by Gasteiger charge is -2.49. The molecule has 11 heteroatoms. The number of benzene rings is 1. The summed E-state index contributed by atoms with van der Waals surface area (Å²) in [7, 11) is 1.43. The lowest BCUT2D eigenvalue weighted by molar-refractivity contribution is -0.138. The Hall–Kier alpha value is -2.85. The molecule has 2 saturated heterocycles. The number of Topliss-reactive ketones (excluding diaryl/α,β-unsaturated/α-hetero) is 1. The Morgan fingerprint density at radius 1 is 1.14 bits per heavy atom. The molecular formula is C25H28ClF3N4O3. The van der Waals surface area contributed by atoms with Crippen LogP contribution in [-0.4, -0.2) is 65.6 Å². The number of halogens is 4. The molecule has 2 fully saturated rings. The topological polar surface area (TPSA) is 85.8 Å². The lowest BCUT2D eigenvalue weighted by Crippen LogP contribution is -2.67. The van der Waals surface area contributed by atoms with E-state index in [-0.39, 0.29) is 12.3 Å². The van der Waals surface area contributed by atoms with Crippen LogP contribution in [0.25, 0.3) is 0 Å². The molecule has 3 heterocycles. The molecule has 2 atom stereocenters. The van der Waals surface area contributed by atoms with Gasteiger partial charge in [-0.1, -0.05) is 30.7 Å². The fourth-order valence-electron chi connectivity index (χ4n) is 5.62. The van der Waals surface area contributed by atoms with Crippen LogP contribution in [0.5, 0.6) is 0 Å². The van der Waals surface area contributed by atoms with Gasteiger partial charge in [0, 0.05) is 55.8 Å². The maximum atomic E-state index is 14.2. The maximum Gasteiger partial charge on any atom is 0.417 e. The van der Waals surface area contributed by atoms with Crippen molar-refractivity contribution in [3.8, 4) is 0 Å². The minimum Gasteiger partial charge on any atom is -0.465 e. The summed E-state index contributed by atoms with van der Waals surface area (Å²) in [6.45, 7) is 3.33. The van der Waals surface area contributed by atoms with Gasteiger partial charge in [0.2, 0.25) is 0 Å². The SMILES string of the molecule is CN(C(=O)O)[C@]1(C(=O)C2CCN(c3ccc(C(F)(F)F)cn3)CC2)CNC[C@@]1(C)c1ccc(Cl)cc1. The number of nitrogens with zero attached hydrogens (tertiary/aromatic N) is 3. The van der Waals surface area contributed by atoms with Crippen molar-refractivity contribution < 1.29 is 27.9 Å². The number of alkyl halides is 3. The van der Waals surface area contributed by atoms with Crippen molar-refractivity contribution in [2.45, 2.75) is 36.9 Å². The van der Waals surface area contributed by atoms with Gasteiger partial charge in [-0.05, 0) is 42.7 Å². The van der Waals surface area contributed by atoms with E-state index in [2.05, 4.69) is 10.3 Å². The summed E-state index contributed by atoms with van der Waals surface area (Å²) in [5, 5.41) is 13.8. The summed E-state index contributed by atoms with van der Waals surface area (Å²) in [6.07, 6.45) is -3.97. The number of aromatic nitrogens is 1. The first-order chi connectivity index (χ1) is 16.9. The van der Waals surface area contributed by atoms with Crippen LogP contribution < -0.4 is 10.2 Å². The molecule has 2 N–H and O–H groups in total. The van der Waals surface area contributed by atoms with Gasteiger partial charge in [0.25, 0.3) is 0 Å². The largest absolute Gasteiger partial charge is 0.465 e. The normalized spacial score (nSPS) is 25.1. The Morgan fingerprint density at radius 2 is 1.78 bits per heavy atom. The van der Waals surface area contributed by atoms with Crippen LogP contribution >= 0.6 is 11.6 Å². The van der Waals surface area contributed by atoms with Gasteiger partial charge >= 0.3 is 12.3 Å². The first-order valence-corrected chi connectivity index (χ1v) is 12.0. The van der Waals surface area contributed by atoms with Gasteiger partial charge in [0.1, 0.15) is 11.4 Å². The third kappa shape index (κ3) is 4.41. The molecule has 0 aliphatic carbocycles. The number of nitrogens with one attached hydrogen (secondary N) is 1. The Balaban J connectivity index is 1.58. The van der Waals surface area contributed by atoms with Gasteiger partial charge in [0.15, 0.2) is 5.78 Å². The Bertz CT molecular complexity index is 1120. The van der Waals surface area contributed by atoms with E-state index >= 15 is 0 Å². The van der Waals surface area contributed by atoms with Crippen LogP contribution in [0.4, 0.5) is 23.8 Å². The number of amides is 1. The van der Waals surface area contributed by atoms with E-state index in [1.807, 2.05) is 24.0 Å². The highest BCUT2D eigenvalue weighted by Gasteiger charge is 2.62. The quantitative estimate of drug-likeness (QED) is 0.601. The second-order valence-electron chi connectivity index (χ2n) is 9.67. The average molecular weight is 525 g/mol. The summed E-state index contributed by atoms with van der Waals surface area (Å²) in [5.74, 6) is -0.154. The van der Waals surface area contributed by atoms with Gasteiger partial charge in [-0.15, -0.1) is 0 Å². The number of ketones is 1. The van der Waals surface area contributed by atoms with Crippen LogP contribution in [-0.2, 0) is 16.4 Å². The van der Waals surface area contributed by atoms with Crippen LogP contribution in [0.15, 0.2) is 42.6 Å². The molecule has 194 valence electrons. The number of carbonyl (C=O) groups excluding carboxylic acids is 1. The highest BCUT2D eigenvalue weighted by Crippen LogP contribution is 2.45. The molecule has 1 aromatic heterocycles. The van der Waals surface area contributed by atoms with Crippen LogP contribution in [0.2, 0.25) is 5.02 Å². The lowest BCUT2D eigenvalue weighted by atomic mass is 9.63. The van der Waals surface area contributed by atoms with E-state index in [4.69, 9.17) is 11.6 Å². The van der Waals surface area contributed by atoms with Crippen LogP contribution in [0, 0.1) is 5.92 Å². The van der Waals surface area contributed by atoms with Crippen molar-refractivity contribution in [3.05, 3.63) is 58.7 Å². The number of hydrogen-bond donors (Lipinski definition) is 2. The molecule has 1 aromatic carbocycles. The molecule has 0 saturated carbocycles. The minimum atomic E-state index is -4.46. The zero-order chi connectivity index (χ0) is 26.3. The monoisotopic (exact) mass is 524 g/mol. The molecule has 4 rings (SSSR count). The number of carboxylic acid groups (broad SMARTS) is 1. The van der Waals surface area contributed by atoms with Crippen LogP contribution in [0.1, 0.15) is 30.9 Å². The number of pyridine rings is 1. The average Bonchev–Trinajstić information content (AvgIpc) is 3.21. The summed E-state index contributed by atoms with van der Waals surface area (Å²) in [4.78, 5) is 33.4. The maximum absolute atomic E-state index is 14.2. The summed E-state index contributed by atoms with van der Waals surface area (Å²) < 4.78 is 38.6. The summed E-state index contributed by atoms with van der Waals surface area (Å²) in [6, 6.07) is 9.44. The number of carbonyl (C=O) groups is 2. The first kappa shape index (κ1) is 26.2. The summed E-state index contributed by atoms with van der Waals surface area (Å²) >= 11 is 6.07. The summed E-state index contributed by atoms with van der Waals surface area (Å²) in [5.41, 5.74) is -2.19. The highest BCUT2D eigenvalue weighted by molar-refractivity contribution is 6.30. The van der Waals surface area contributed by atoms with Crippen molar-refractivity contribution in [2.75, 3.05) is 38.1 Å². The van der Waals surface area contributed by atoms with Gasteiger partial charge in [-0.2, -0.15) is 13.2 Å². The number of hydrogen-bond acceptors (Lipinski definition) is 5. The standard InChI is InChI=1S/C25H28ClF3N4O3/c1-23(17-3-6-19(26)7-4-17)14-30-15-24(23,32(2)22(35)36)21(34)16-9-11-33(12-10-16)20-8-5-18(13-31-20)25(27,28)29/h3-8,13,16,30H,9-12,14-15H2,1-2H3,(H,35,36)/t23-,24-/m0/s1. The Labute approximate surface area is 212 Å². The molecule has 1 amide bonds. The molecule has 0 radical (unpaired) electrons. The molecule has 2 aliphatic heterocycles. The third-order valence-corrected chi connectivity index (χ3v) is 8.04. The molecule has 7 nitrogen and oxygen atoms in total. The number of likely N-dealkylation sites (N-methyl/N-ethyl adjacent to an activating group) is 1. The predicted molar refractivity (Wildman–Crippen MR) is 129 cm³/mol. The van der Waals surface area contributed by atoms with E-state index in [1.165, 1.54) is 13.1 Å². The van der Waals surface area contributed by atoms with E-state index < -0.39 is 34.7 Å². The van der Waals surface area contributed by atoms with Crippen LogP contribution in [0.3, 0.4) is 0 Å². The second-order valence-corrected chi connectivity index (χ2v) is 10.1. The van der Waals surface area contributed by atoms with E-state index in [0.717, 1.165) is 22.7 Å². The zero-order valence-corrected chi connectivity index (χ0v) is 20.7. The number of anilines is 1. The third-order valence-electron chi connectivity index (χ3n) is 7.79. The fraction of sp³-hybridized carbons (Fsp3) is 0.480. The Morgan fingerprint density at radius 3 is 2.31 bits per heavy atom. The number of rotatable bonds is 5. The van der Waals surface area contributed by atoms with Crippen molar-refractivity contribution in [2.24, 2.45) is 5.92 Å². The van der Waals surface area contributed by atoms with E-state index in [9.17, 15) is 27.9 Å². The van der Waals surface area contributed by atoms with Gasteiger partial charge in [0.05, 0.1) is 5.56 Å². The molecule has 0 bridgehead atoms. The predicted octanol–water partition coefficient (Wildman–Crippen LogP) is 4.45. The number of piperidine rings is 1. The fourth-order valence-corrected chi connectivity index (χ4v) is 5.74. The smallest absolute Gasteiger partial charge is 0.417 e. The van der Waals surface area contributed by atoms with Gasteiger partial charge in [-0.25, -0.2) is 9.78 Å². The van der Waals surface area contributed by atoms with E-state index in [1.54, 1.807) is 12.1 Å². The molecular weight excluding hydrogens is 497 g/mol. The van der Waals surface area contributed by atoms with Crippen molar-refractivity contribution in [3.63, 3.8) is 0 Å². The molecule has 36 heavy (non-hydrogen) atoms. The van der Waals surface area contributed by atoms with Gasteiger partial charge in [-0.3, -0.25) is 9.69 Å². The first-order valence-electron chi connectivity index (χ1n) is 11.7. The molecule has 0 spiro atoms. The molecule has 0 unspecified atom stereocenters. The van der Waals surface area contributed by atoms with E-state index in [0.29, 0.717) is 43.3 Å². The minimum absolute atomic E-state index is 0.158. The molecule has 2 aliphatic rings. The zero-order valence-electron chi connectivity index (χ0n) is 20.0. The molecule has 2 aromatic rings. The van der Waals surface area contributed by atoms with Crippen molar-refractivity contribution in [1.29, 1.82) is 0 Å². The second kappa shape index (κ2) is 9.55. The highest BCUT2D eigenvalue weighted by atomic mass is 35.5. The van der Waals surface area contributed by atoms with Crippen molar-refractivity contribution in [1.82, 2.24) is 15.2 Å². The Kier molecular flexibility index (Phi) is 6.96. The van der Waals surface area contributed by atoms with Crippen molar-refractivity contribution >= 4 is 29.3 Å².